The maximum absolute atomic E-state index is 13.3. The Balaban J connectivity index is 1.66. The summed E-state index contributed by atoms with van der Waals surface area (Å²) in [7, 11) is 5.89. The van der Waals surface area contributed by atoms with Crippen LogP contribution in [0, 0.1) is 29.1 Å². The summed E-state index contributed by atoms with van der Waals surface area (Å²) in [6, 6.07) is -0.00845. The average Bonchev–Trinajstić information content (AvgIpc) is 3.60. The number of ketones is 1. The van der Waals surface area contributed by atoms with E-state index in [4.69, 9.17) is 9.47 Å². The highest BCUT2D eigenvalue weighted by Crippen LogP contribution is 2.34. The molecule has 2 aliphatic heterocycles. The smallest absolute Gasteiger partial charge is 0.319 e. The largest absolute Gasteiger partial charge is 0.463 e. The maximum atomic E-state index is 13.3. The first kappa shape index (κ1) is 30.0. The number of esters is 1. The number of likely N-dealkylation sites (tertiary alicyclic amines) is 1. The van der Waals surface area contributed by atoms with E-state index in [2.05, 4.69) is 37.7 Å². The van der Waals surface area contributed by atoms with Crippen molar-refractivity contribution >= 4 is 17.7 Å². The van der Waals surface area contributed by atoms with Crippen molar-refractivity contribution < 1.29 is 23.9 Å². The third-order valence-electron chi connectivity index (χ3n) is 8.92. The number of cyclic esters (lactones) is 1. The van der Waals surface area contributed by atoms with Crippen LogP contribution in [0.3, 0.4) is 0 Å². The van der Waals surface area contributed by atoms with Gasteiger partial charge in [0.25, 0.3) is 0 Å². The predicted octanol–water partition coefficient (Wildman–Crippen LogP) is 3.09. The van der Waals surface area contributed by atoms with Crippen molar-refractivity contribution in [2.45, 2.75) is 78.4 Å². The Morgan fingerprint density at radius 3 is 2.35 bits per heavy atom. The summed E-state index contributed by atoms with van der Waals surface area (Å²) in [5, 5.41) is 0. The van der Waals surface area contributed by atoms with Gasteiger partial charge in [0.2, 0.25) is 5.91 Å². The molecule has 2 heterocycles. The molecule has 3 rings (SSSR count). The monoisotopic (exact) mass is 521 g/mol. The molecule has 0 bridgehead atoms. The van der Waals surface area contributed by atoms with E-state index in [-0.39, 0.29) is 36.2 Å². The number of hydrogen-bond acceptors (Lipinski definition) is 7. The van der Waals surface area contributed by atoms with Gasteiger partial charge in [0.1, 0.15) is 12.0 Å². The summed E-state index contributed by atoms with van der Waals surface area (Å²) in [5.74, 6) is 0.685. The Hall–Kier alpha value is -1.51. The standard InChI is InChI=1S/C29H51N3O5/c1-20-13-29(5,36-8)14-21(2)26(34)28(3,4)27(35)37-19-24(31(7)15-20)23-17-32(18-23)25(33)11-12-30(6)16-22-9-10-22/h20-24H,9-19H2,1-8H3/t20-,21-,24?,29-/m1/s1. The number of carbonyl (C=O) groups is 3. The fourth-order valence-corrected chi connectivity index (χ4v) is 6.34. The van der Waals surface area contributed by atoms with Crippen LogP contribution in [0.4, 0.5) is 0 Å². The first-order valence-electron chi connectivity index (χ1n) is 14.2. The van der Waals surface area contributed by atoms with Crippen LogP contribution in [0.2, 0.25) is 0 Å². The van der Waals surface area contributed by atoms with Gasteiger partial charge in [-0.25, -0.2) is 0 Å². The molecule has 1 unspecified atom stereocenters. The zero-order valence-corrected chi connectivity index (χ0v) is 24.5. The third-order valence-corrected chi connectivity index (χ3v) is 8.92. The van der Waals surface area contributed by atoms with E-state index in [1.54, 1.807) is 21.0 Å². The molecule has 4 atom stereocenters. The summed E-state index contributed by atoms with van der Waals surface area (Å²) in [5.41, 5.74) is -1.67. The van der Waals surface area contributed by atoms with Crippen LogP contribution in [0.25, 0.3) is 0 Å². The van der Waals surface area contributed by atoms with Gasteiger partial charge in [0.05, 0.1) is 5.60 Å². The van der Waals surface area contributed by atoms with E-state index in [1.165, 1.54) is 12.8 Å². The normalized spacial score (nSPS) is 32.8. The molecule has 0 N–H and O–H groups in total. The molecular formula is C29H51N3O5. The number of amides is 1. The molecule has 8 heteroatoms. The minimum Gasteiger partial charge on any atom is -0.463 e. The second-order valence-corrected chi connectivity index (χ2v) is 13.2. The molecule has 3 fully saturated rings. The molecule has 212 valence electrons. The lowest BCUT2D eigenvalue weighted by Gasteiger charge is -2.46. The van der Waals surface area contributed by atoms with Crippen molar-refractivity contribution in [3.8, 4) is 0 Å². The number of likely N-dealkylation sites (N-methyl/N-ethyl adjacent to an activating group) is 1. The Labute approximate surface area is 224 Å². The van der Waals surface area contributed by atoms with Crippen molar-refractivity contribution in [2.24, 2.45) is 29.1 Å². The van der Waals surface area contributed by atoms with Crippen LogP contribution >= 0.6 is 0 Å². The number of carbonyl (C=O) groups excluding carboxylic acids is 3. The molecule has 8 nitrogen and oxygen atoms in total. The molecule has 1 aliphatic carbocycles. The summed E-state index contributed by atoms with van der Waals surface area (Å²) < 4.78 is 11.7. The van der Waals surface area contributed by atoms with Crippen molar-refractivity contribution in [2.75, 3.05) is 60.5 Å². The molecule has 3 aliphatic rings. The van der Waals surface area contributed by atoms with E-state index in [9.17, 15) is 14.4 Å². The van der Waals surface area contributed by atoms with Gasteiger partial charge in [-0.3, -0.25) is 19.3 Å². The number of nitrogens with zero attached hydrogens (tertiary/aromatic N) is 3. The quantitative estimate of drug-likeness (QED) is 0.376. The van der Waals surface area contributed by atoms with E-state index in [0.29, 0.717) is 31.8 Å². The van der Waals surface area contributed by atoms with Crippen LogP contribution in [0.1, 0.15) is 66.7 Å². The van der Waals surface area contributed by atoms with Crippen molar-refractivity contribution in [1.82, 2.24) is 14.7 Å². The molecule has 0 aromatic heterocycles. The maximum Gasteiger partial charge on any atom is 0.319 e. The van der Waals surface area contributed by atoms with Crippen LogP contribution in [0.5, 0.6) is 0 Å². The second-order valence-electron chi connectivity index (χ2n) is 13.2. The van der Waals surface area contributed by atoms with Crippen molar-refractivity contribution in [3.05, 3.63) is 0 Å². The van der Waals surface area contributed by atoms with Crippen LogP contribution in [0.15, 0.2) is 0 Å². The lowest BCUT2D eigenvalue weighted by molar-refractivity contribution is -0.163. The van der Waals surface area contributed by atoms with Crippen LogP contribution in [-0.4, -0.2) is 105 Å². The van der Waals surface area contributed by atoms with E-state index in [1.807, 2.05) is 11.8 Å². The van der Waals surface area contributed by atoms with Gasteiger partial charge < -0.3 is 19.3 Å². The molecule has 1 saturated carbocycles. The number of rotatable bonds is 7. The van der Waals surface area contributed by atoms with Crippen LogP contribution < -0.4 is 0 Å². The van der Waals surface area contributed by atoms with E-state index in [0.717, 1.165) is 32.0 Å². The van der Waals surface area contributed by atoms with Crippen molar-refractivity contribution in [1.29, 1.82) is 0 Å². The van der Waals surface area contributed by atoms with E-state index < -0.39 is 17.0 Å². The minimum absolute atomic E-state index is 0.00845. The summed E-state index contributed by atoms with van der Waals surface area (Å²) in [4.78, 5) is 45.7. The van der Waals surface area contributed by atoms with Crippen molar-refractivity contribution in [3.63, 3.8) is 0 Å². The Morgan fingerprint density at radius 1 is 1.11 bits per heavy atom. The molecule has 37 heavy (non-hydrogen) atoms. The molecule has 0 aromatic carbocycles. The number of ether oxygens (including phenoxy) is 2. The SMILES string of the molecule is CO[C@]1(C)C[C@@H](C)CN(C)C(C2CN(C(=O)CCN(C)CC3CC3)C2)COC(=O)C(C)(C)C(=O)[C@H](C)C1. The highest BCUT2D eigenvalue weighted by Gasteiger charge is 2.45. The summed E-state index contributed by atoms with van der Waals surface area (Å²) >= 11 is 0. The molecule has 0 aromatic rings. The van der Waals surface area contributed by atoms with Gasteiger partial charge in [-0.2, -0.15) is 0 Å². The van der Waals surface area contributed by atoms with Crippen LogP contribution in [-0.2, 0) is 23.9 Å². The molecule has 0 spiro atoms. The average molecular weight is 522 g/mol. The van der Waals surface area contributed by atoms with Gasteiger partial charge in [-0.05, 0) is 72.4 Å². The zero-order valence-electron chi connectivity index (χ0n) is 24.5. The van der Waals surface area contributed by atoms with Gasteiger partial charge in [0, 0.05) is 64.1 Å². The first-order valence-corrected chi connectivity index (χ1v) is 14.2. The molecule has 0 radical (unpaired) electrons. The minimum atomic E-state index is -1.22. The predicted molar refractivity (Wildman–Crippen MR) is 144 cm³/mol. The van der Waals surface area contributed by atoms with E-state index >= 15 is 0 Å². The molecule has 1 amide bonds. The number of hydrogen-bond donors (Lipinski definition) is 0. The highest BCUT2D eigenvalue weighted by molar-refractivity contribution is 6.03. The number of methoxy groups -OCH3 is 1. The second kappa shape index (κ2) is 12.1. The fourth-order valence-electron chi connectivity index (χ4n) is 6.34. The Kier molecular flexibility index (Phi) is 9.84. The summed E-state index contributed by atoms with van der Waals surface area (Å²) in [6.45, 7) is 13.8. The van der Waals surface area contributed by atoms with Gasteiger partial charge in [-0.1, -0.05) is 13.8 Å². The van der Waals surface area contributed by atoms with Gasteiger partial charge in [0.15, 0.2) is 5.78 Å². The summed E-state index contributed by atoms with van der Waals surface area (Å²) in [6.07, 6.45) is 4.56. The highest BCUT2D eigenvalue weighted by atomic mass is 16.5. The lowest BCUT2D eigenvalue weighted by Crippen LogP contribution is -2.60. The lowest BCUT2D eigenvalue weighted by atomic mass is 9.76. The number of Topliss-reactive ketones (excluding diaryl/α,β-unsaturated/α-hetero) is 1. The fraction of sp³-hybridized carbons (Fsp3) is 0.897. The Morgan fingerprint density at radius 2 is 1.76 bits per heavy atom. The Bertz CT molecular complexity index is 822. The first-order chi connectivity index (χ1) is 17.3. The van der Waals surface area contributed by atoms with Gasteiger partial charge in [-0.15, -0.1) is 0 Å². The zero-order chi connectivity index (χ0) is 27.5. The topological polar surface area (TPSA) is 79.4 Å². The van der Waals surface area contributed by atoms with Gasteiger partial charge >= 0.3 is 5.97 Å². The molecule has 2 saturated heterocycles. The third kappa shape index (κ3) is 7.76. The molecular weight excluding hydrogens is 470 g/mol.